The minimum atomic E-state index is 0.947. The molecule has 0 saturated heterocycles. The molecule has 0 atom stereocenters. The average molecular weight is 255 g/mol. The number of rotatable bonds is 4. The summed E-state index contributed by atoms with van der Waals surface area (Å²) >= 11 is 3.39. The smallest absolute Gasteiger partial charge is 0.121 e. The number of alkyl halides is 1. The topological polar surface area (TPSA) is 9.23 Å². The Kier molecular flexibility index (Phi) is 4.74. The van der Waals surface area contributed by atoms with Gasteiger partial charge in [-0.2, -0.15) is 0 Å². The molecule has 1 rings (SSSR count). The van der Waals surface area contributed by atoms with E-state index in [1.54, 1.807) is 7.11 Å². The van der Waals surface area contributed by atoms with E-state index >= 15 is 0 Å². The average Bonchev–Trinajstić information content (AvgIpc) is 2.18. The predicted octanol–water partition coefficient (Wildman–Crippen LogP) is 3.80. The molecule has 0 radical (unpaired) electrons. The molecule has 0 N–H and O–H groups in total. The van der Waals surface area contributed by atoms with E-state index in [0.717, 1.165) is 17.5 Å². The molecule has 14 heavy (non-hydrogen) atoms. The second kappa shape index (κ2) is 5.86. The van der Waals surface area contributed by atoms with Gasteiger partial charge in [-0.25, -0.2) is 0 Å². The highest BCUT2D eigenvalue weighted by atomic mass is 79.9. The summed E-state index contributed by atoms with van der Waals surface area (Å²) in [5, 5.41) is 1.01. The molecular weight excluding hydrogens is 240 g/mol. The number of hydrogen-bond donors (Lipinski definition) is 0. The van der Waals surface area contributed by atoms with E-state index in [9.17, 15) is 0 Å². The Hall–Kier alpha value is -0.760. The summed E-state index contributed by atoms with van der Waals surface area (Å²) in [6.45, 7) is 2.06. The molecule has 1 nitrogen and oxygen atoms in total. The van der Waals surface area contributed by atoms with E-state index in [1.807, 2.05) is 6.07 Å². The van der Waals surface area contributed by atoms with E-state index in [1.165, 1.54) is 11.1 Å². The lowest BCUT2D eigenvalue weighted by atomic mass is 10.1. The Balaban J connectivity index is 2.76. The van der Waals surface area contributed by atoms with Gasteiger partial charge in [0.15, 0.2) is 0 Å². The van der Waals surface area contributed by atoms with Gasteiger partial charge in [-0.15, -0.1) is 0 Å². The van der Waals surface area contributed by atoms with Gasteiger partial charge in [0, 0.05) is 5.33 Å². The zero-order valence-corrected chi connectivity index (χ0v) is 10.2. The number of allylic oxidation sites excluding steroid dienone is 1. The largest absolute Gasteiger partial charge is 0.496 e. The normalized spacial score (nSPS) is 10.8. The standard InChI is InChI=1S/C12H15BrO/c1-10-9-11(5-3-4-8-13)6-7-12(10)14-2/h3,5-7,9H,4,8H2,1-2H3/b5-3+. The zero-order chi connectivity index (χ0) is 10.4. The van der Waals surface area contributed by atoms with Gasteiger partial charge in [0.05, 0.1) is 7.11 Å². The molecule has 0 spiro atoms. The van der Waals surface area contributed by atoms with Crippen molar-refractivity contribution in [3.63, 3.8) is 0 Å². The van der Waals surface area contributed by atoms with Crippen molar-refractivity contribution in [3.05, 3.63) is 35.4 Å². The third-order valence-corrected chi connectivity index (χ3v) is 2.46. The molecular formula is C12H15BrO. The number of ether oxygens (including phenoxy) is 1. The Bertz CT molecular complexity index is 318. The molecule has 0 amide bonds. The summed E-state index contributed by atoms with van der Waals surface area (Å²) in [5.74, 6) is 0.947. The molecule has 0 bridgehead atoms. The highest BCUT2D eigenvalue weighted by molar-refractivity contribution is 9.09. The van der Waals surface area contributed by atoms with Crippen LogP contribution in [-0.2, 0) is 0 Å². The first-order valence-corrected chi connectivity index (χ1v) is 5.77. The SMILES string of the molecule is COc1ccc(/C=C/CCBr)cc1C. The Morgan fingerprint density at radius 1 is 1.43 bits per heavy atom. The van der Waals surface area contributed by atoms with Crippen molar-refractivity contribution in [2.24, 2.45) is 0 Å². The summed E-state index contributed by atoms with van der Waals surface area (Å²) < 4.78 is 5.19. The van der Waals surface area contributed by atoms with Crippen molar-refractivity contribution >= 4 is 22.0 Å². The second-order valence-electron chi connectivity index (χ2n) is 3.11. The third kappa shape index (κ3) is 3.18. The van der Waals surface area contributed by atoms with Gasteiger partial charge in [-0.3, -0.25) is 0 Å². The maximum absolute atomic E-state index is 5.19. The minimum absolute atomic E-state index is 0.947. The van der Waals surface area contributed by atoms with Crippen LogP contribution in [0.25, 0.3) is 6.08 Å². The molecule has 0 aliphatic carbocycles. The van der Waals surface area contributed by atoms with Crippen LogP contribution in [0.3, 0.4) is 0 Å². The lowest BCUT2D eigenvalue weighted by Crippen LogP contribution is -1.86. The molecule has 0 aliphatic heterocycles. The highest BCUT2D eigenvalue weighted by Gasteiger charge is 1.96. The monoisotopic (exact) mass is 254 g/mol. The van der Waals surface area contributed by atoms with E-state index in [-0.39, 0.29) is 0 Å². The first kappa shape index (κ1) is 11.3. The number of hydrogen-bond acceptors (Lipinski definition) is 1. The summed E-state index contributed by atoms with van der Waals surface area (Å²) in [6, 6.07) is 6.20. The lowest BCUT2D eigenvalue weighted by molar-refractivity contribution is 0.411. The highest BCUT2D eigenvalue weighted by Crippen LogP contribution is 2.19. The molecule has 2 heteroatoms. The van der Waals surface area contributed by atoms with E-state index in [0.29, 0.717) is 0 Å². The van der Waals surface area contributed by atoms with Gasteiger partial charge in [0.1, 0.15) is 5.75 Å². The molecule has 0 unspecified atom stereocenters. The van der Waals surface area contributed by atoms with Crippen LogP contribution in [0.4, 0.5) is 0 Å². The quantitative estimate of drug-likeness (QED) is 0.743. The van der Waals surface area contributed by atoms with Crippen molar-refractivity contribution in [1.29, 1.82) is 0 Å². The first-order chi connectivity index (χ1) is 6.77. The first-order valence-electron chi connectivity index (χ1n) is 4.65. The van der Waals surface area contributed by atoms with Crippen molar-refractivity contribution in [1.82, 2.24) is 0 Å². The second-order valence-corrected chi connectivity index (χ2v) is 3.90. The fraction of sp³-hybridized carbons (Fsp3) is 0.333. The molecule has 0 saturated carbocycles. The van der Waals surface area contributed by atoms with Gasteiger partial charge in [-0.05, 0) is 36.6 Å². The van der Waals surface area contributed by atoms with Crippen LogP contribution >= 0.6 is 15.9 Å². The zero-order valence-electron chi connectivity index (χ0n) is 8.59. The fourth-order valence-corrected chi connectivity index (χ4v) is 1.55. The van der Waals surface area contributed by atoms with Gasteiger partial charge in [-0.1, -0.05) is 34.1 Å². The van der Waals surface area contributed by atoms with Crippen molar-refractivity contribution in [2.75, 3.05) is 12.4 Å². The fourth-order valence-electron chi connectivity index (χ4n) is 1.29. The van der Waals surface area contributed by atoms with Crippen LogP contribution in [0.2, 0.25) is 0 Å². The van der Waals surface area contributed by atoms with Crippen molar-refractivity contribution < 1.29 is 4.74 Å². The summed E-state index contributed by atoms with van der Waals surface area (Å²) in [5.41, 5.74) is 2.40. The van der Waals surface area contributed by atoms with Gasteiger partial charge in [0.25, 0.3) is 0 Å². The summed E-state index contributed by atoms with van der Waals surface area (Å²) in [6.07, 6.45) is 5.36. The van der Waals surface area contributed by atoms with Crippen LogP contribution < -0.4 is 4.74 Å². The van der Waals surface area contributed by atoms with Crippen molar-refractivity contribution in [3.8, 4) is 5.75 Å². The van der Waals surface area contributed by atoms with Gasteiger partial charge in [0.2, 0.25) is 0 Å². The Morgan fingerprint density at radius 2 is 2.21 bits per heavy atom. The Labute approximate surface area is 93.9 Å². The summed E-state index contributed by atoms with van der Waals surface area (Å²) in [7, 11) is 1.70. The predicted molar refractivity (Wildman–Crippen MR) is 65.2 cm³/mol. The van der Waals surface area contributed by atoms with Crippen molar-refractivity contribution in [2.45, 2.75) is 13.3 Å². The molecule has 0 aromatic heterocycles. The molecule has 1 aromatic rings. The maximum atomic E-state index is 5.19. The van der Waals surface area contributed by atoms with Gasteiger partial charge >= 0.3 is 0 Å². The Morgan fingerprint density at radius 3 is 2.79 bits per heavy atom. The molecule has 0 heterocycles. The molecule has 76 valence electrons. The van der Waals surface area contributed by atoms with E-state index < -0.39 is 0 Å². The van der Waals surface area contributed by atoms with Crippen LogP contribution in [0.15, 0.2) is 24.3 Å². The van der Waals surface area contributed by atoms with Crippen LogP contribution in [-0.4, -0.2) is 12.4 Å². The number of aryl methyl sites for hydroxylation is 1. The molecule has 0 aliphatic rings. The van der Waals surface area contributed by atoms with Crippen LogP contribution in [0.5, 0.6) is 5.75 Å². The minimum Gasteiger partial charge on any atom is -0.496 e. The number of benzene rings is 1. The van der Waals surface area contributed by atoms with E-state index in [4.69, 9.17) is 4.74 Å². The number of methoxy groups -OCH3 is 1. The lowest BCUT2D eigenvalue weighted by Gasteiger charge is -2.04. The molecule has 1 aromatic carbocycles. The number of halogens is 1. The van der Waals surface area contributed by atoms with Gasteiger partial charge < -0.3 is 4.74 Å². The van der Waals surface area contributed by atoms with Crippen LogP contribution in [0.1, 0.15) is 17.5 Å². The van der Waals surface area contributed by atoms with Crippen LogP contribution in [0, 0.1) is 6.92 Å². The third-order valence-electron chi connectivity index (χ3n) is 2.00. The maximum Gasteiger partial charge on any atom is 0.121 e. The summed E-state index contributed by atoms with van der Waals surface area (Å²) in [4.78, 5) is 0. The molecule has 0 fully saturated rings. The van der Waals surface area contributed by atoms with E-state index in [2.05, 4.69) is 47.1 Å².